The van der Waals surface area contributed by atoms with Crippen molar-refractivity contribution in [1.29, 1.82) is 0 Å². The standard InChI is InChI=1S/C69H94N14O22S3/c1-34-9-7-11-48-49(28-51(35(2)23-42-32-106-37(4)76-42)105-55(91)29-52(86)69(5,6)58(93)36(3)57(34)92)83(48)19-20-103-68(102)104-21-22-107-108-33-47(65(100)101)80-62(96)40(27-54(89)90)25-50(85)45(10-8-18-73-66(70)71)78-61(95)39(26-53(87)88)24-44(84)16-17-46(64(98)99)79-60(94)38-12-14-41(15-13-38)74-30-43-31-75-59-56(77-43)63(97)82-67(72)81-59/h12-15,23,31-32,34,36,39-40,45-49,51-52,57,74,86,92H,7-11,16-22,24-30,33H2,1-6H3,(H,78,95)(H,79,94)(H,80,96)(H,87,88)(H,89,90)(H,98,99)(H,100,101)(H4,70,71,73)(H3,72,75,81,82,97)/b35-23+/t34-,36+,39-,40-,45-,46-,47?,48+,49-,51-,52-,57-,83?/m0/s1. The number of aromatic nitrogens is 5. The molecule has 2 aliphatic rings. The number of Topliss-reactive ketones (excluding diaryl/α,β-unsaturated/α-hetero) is 3. The van der Waals surface area contributed by atoms with E-state index in [0.717, 1.165) is 26.6 Å². The molecule has 0 radical (unpaired) electrons. The molecule has 3 amide bonds. The fraction of sp³-hybridized carbons (Fsp3) is 0.565. The molecule has 3 aromatic heterocycles. The first-order valence-electron chi connectivity index (χ1n) is 34.8. The van der Waals surface area contributed by atoms with Crippen molar-refractivity contribution in [3.05, 3.63) is 73.7 Å². The molecule has 590 valence electrons. The number of anilines is 2. The molecular weight excluding hydrogens is 1470 g/mol. The predicted molar refractivity (Wildman–Crippen MR) is 395 cm³/mol. The number of nitrogens with one attached hydrogen (secondary N) is 5. The molecule has 2 fully saturated rings. The largest absolute Gasteiger partial charge is 0.508 e. The number of nitrogens with two attached hydrogens (primary N) is 3. The van der Waals surface area contributed by atoms with E-state index >= 15 is 0 Å². The molecule has 4 aromatic rings. The van der Waals surface area contributed by atoms with E-state index in [0.29, 0.717) is 48.3 Å². The number of nitrogen functional groups attached to an aromatic ring is 1. The number of benzene rings is 1. The number of carbonyl (C=O) groups excluding carboxylic acids is 8. The minimum atomic E-state index is -1.73. The number of aliphatic hydroxyl groups is 2. The van der Waals surface area contributed by atoms with Crippen LogP contribution in [-0.4, -0.2) is 224 Å². The number of aromatic amines is 1. The summed E-state index contributed by atoms with van der Waals surface area (Å²) in [6.45, 7) is 10.2. The molecule has 13 atom stereocenters. The molecule has 17 N–H and O–H groups in total. The molecule has 1 aromatic carbocycles. The zero-order valence-electron chi connectivity index (χ0n) is 60.5. The third kappa shape index (κ3) is 27.5. The van der Waals surface area contributed by atoms with Crippen molar-refractivity contribution in [1.82, 2.24) is 45.8 Å². The van der Waals surface area contributed by atoms with Gasteiger partial charge in [0.05, 0.1) is 83.9 Å². The number of aryl methyl sites for hydroxylation is 1. The molecule has 36 nitrogen and oxygen atoms in total. The lowest BCUT2D eigenvalue weighted by Gasteiger charge is -2.34. The molecule has 39 heteroatoms. The molecule has 5 heterocycles. The monoisotopic (exact) mass is 1570 g/mol. The lowest BCUT2D eigenvalue weighted by molar-refractivity contribution is -0.155. The summed E-state index contributed by atoms with van der Waals surface area (Å²) in [5.41, 5.74) is 16.8. The second-order valence-corrected chi connectivity index (χ2v) is 30.7. The van der Waals surface area contributed by atoms with E-state index in [4.69, 9.17) is 31.4 Å². The Kier molecular flexibility index (Phi) is 33.6. The van der Waals surface area contributed by atoms with Crippen LogP contribution in [0.5, 0.6) is 0 Å². The van der Waals surface area contributed by atoms with Crippen LogP contribution in [0.4, 0.5) is 16.4 Å². The molecule has 0 aliphatic carbocycles. The van der Waals surface area contributed by atoms with Gasteiger partial charge in [0.25, 0.3) is 11.5 Å². The van der Waals surface area contributed by atoms with Gasteiger partial charge in [-0.3, -0.25) is 62.8 Å². The number of thiazole rings is 1. The minimum absolute atomic E-state index is 0.0215. The van der Waals surface area contributed by atoms with Crippen molar-refractivity contribution >= 4 is 139 Å². The number of carboxylic acid groups (broad SMARTS) is 4. The number of H-pyrrole nitrogens is 1. The van der Waals surface area contributed by atoms with Gasteiger partial charge in [0.2, 0.25) is 17.8 Å². The summed E-state index contributed by atoms with van der Waals surface area (Å²) in [5, 5.41) is 75.0. The number of esters is 1. The Balaban J connectivity index is 0.985. The van der Waals surface area contributed by atoms with Crippen molar-refractivity contribution in [2.24, 2.45) is 45.5 Å². The molecule has 2 aliphatic heterocycles. The zero-order chi connectivity index (χ0) is 79.7. The highest BCUT2D eigenvalue weighted by Crippen LogP contribution is 2.40. The van der Waals surface area contributed by atoms with Crippen LogP contribution in [0.1, 0.15) is 145 Å². The summed E-state index contributed by atoms with van der Waals surface area (Å²) >= 11 is 1.46. The maximum absolute atomic E-state index is 14.1. The van der Waals surface area contributed by atoms with Crippen LogP contribution >= 0.6 is 32.9 Å². The summed E-state index contributed by atoms with van der Waals surface area (Å²) in [5.74, 6) is -17.4. The molecular formula is C69H94N14O22S3. The van der Waals surface area contributed by atoms with Crippen LogP contribution in [0.25, 0.3) is 17.2 Å². The number of ether oxygens (including phenoxy) is 3. The first-order valence-corrected chi connectivity index (χ1v) is 38.1. The number of nitrogens with zero attached hydrogens (tertiary/aromatic N) is 6. The summed E-state index contributed by atoms with van der Waals surface area (Å²) in [6, 6.07) is 0.697. The Bertz CT molecular complexity index is 4000. The summed E-state index contributed by atoms with van der Waals surface area (Å²) < 4.78 is 16.7. The number of hydrogen-bond donors (Lipinski definition) is 14. The van der Waals surface area contributed by atoms with Crippen LogP contribution in [0, 0.1) is 36.0 Å². The number of carbonyl (C=O) groups is 12. The molecule has 2 unspecified atom stereocenters. The quantitative estimate of drug-likeness (QED) is 0.00766. The second-order valence-electron chi connectivity index (χ2n) is 27.0. The second kappa shape index (κ2) is 41.6. The van der Waals surface area contributed by atoms with Crippen molar-refractivity contribution in [3.63, 3.8) is 0 Å². The maximum Gasteiger partial charge on any atom is 0.508 e. The van der Waals surface area contributed by atoms with Gasteiger partial charge < -0.3 is 83.3 Å². The van der Waals surface area contributed by atoms with E-state index in [1.807, 2.05) is 32.2 Å². The van der Waals surface area contributed by atoms with Crippen LogP contribution in [0.3, 0.4) is 0 Å². The lowest BCUT2D eigenvalue weighted by Crippen LogP contribution is -2.48. The van der Waals surface area contributed by atoms with E-state index in [-0.39, 0.29) is 110 Å². The summed E-state index contributed by atoms with van der Waals surface area (Å²) in [6.07, 6.45) is -4.20. The Hall–Kier alpha value is -9.70. The van der Waals surface area contributed by atoms with Gasteiger partial charge >= 0.3 is 36.0 Å². The average Bonchev–Trinajstić information content (AvgIpc) is 1.61. The van der Waals surface area contributed by atoms with Gasteiger partial charge in [0.1, 0.15) is 43.0 Å². The van der Waals surface area contributed by atoms with Gasteiger partial charge in [-0.1, -0.05) is 55.7 Å². The molecule has 0 bridgehead atoms. The Morgan fingerprint density at radius 1 is 0.833 bits per heavy atom. The number of aliphatic hydroxyl groups excluding tert-OH is 2. The van der Waals surface area contributed by atoms with Gasteiger partial charge in [-0.2, -0.15) is 4.98 Å². The normalized spacial score (nSPS) is 21.0. The lowest BCUT2D eigenvalue weighted by atomic mass is 9.73. The zero-order valence-corrected chi connectivity index (χ0v) is 62.9. The first-order chi connectivity index (χ1) is 51.0. The third-order valence-electron chi connectivity index (χ3n) is 18.4. The number of rotatable bonds is 38. The maximum atomic E-state index is 14.1. The van der Waals surface area contributed by atoms with Gasteiger partial charge in [-0.15, -0.1) is 11.3 Å². The predicted octanol–water partition coefficient (Wildman–Crippen LogP) is 3.00. The minimum Gasteiger partial charge on any atom is -0.481 e. The number of aliphatic imine (C=N–C) groups is 1. The van der Waals surface area contributed by atoms with Crippen LogP contribution in [0.2, 0.25) is 0 Å². The SMILES string of the molecule is C/C(=C\c1csc(C)n1)[C@@H]1C[C@H]2[C@@H](CCC[C@H](C)[C@H](O)[C@@H](C)C(=O)C(C)(C)[C@@H](O)CC(=O)O1)N2CCOC(=O)OCCSSCC(NC(=O)[C@H](CC(=O)O)CC(=O)[C@H](CCCN=C(N)N)NC(=O)[C@H](CC(=O)O)CC(=O)CC[C@H](NC(=O)c1ccc(NCc2cnc3nc(N)[nH]c(=O)c3n2)cc1)C(=O)O)C(=O)O. The Morgan fingerprint density at radius 3 is 2.13 bits per heavy atom. The van der Waals surface area contributed by atoms with Crippen LogP contribution in [0.15, 0.2) is 51.2 Å². The Morgan fingerprint density at radius 2 is 1.49 bits per heavy atom. The first kappa shape index (κ1) is 87.2. The van der Waals surface area contributed by atoms with Crippen molar-refractivity contribution in [2.75, 3.05) is 48.9 Å². The highest BCUT2D eigenvalue weighted by molar-refractivity contribution is 8.76. The molecule has 6 rings (SSSR count). The number of amides is 3. The topological polar surface area (TPSA) is 580 Å². The number of carboxylic acids is 4. The highest BCUT2D eigenvalue weighted by atomic mass is 33.1. The fourth-order valence-electron chi connectivity index (χ4n) is 12.2. The fourth-order valence-corrected chi connectivity index (χ4v) is 14.8. The van der Waals surface area contributed by atoms with Gasteiger partial charge in [-0.25, -0.2) is 29.3 Å². The van der Waals surface area contributed by atoms with Crippen molar-refractivity contribution in [2.45, 2.75) is 180 Å². The molecule has 2 saturated heterocycles. The molecule has 0 spiro atoms. The number of aliphatic carboxylic acids is 4. The number of hydrogen-bond acceptors (Lipinski definition) is 29. The van der Waals surface area contributed by atoms with Crippen LogP contribution < -0.4 is 44.0 Å². The van der Waals surface area contributed by atoms with Gasteiger partial charge in [0.15, 0.2) is 22.9 Å². The van der Waals surface area contributed by atoms with Crippen LogP contribution in [-0.2, 0) is 68.7 Å². The smallest absolute Gasteiger partial charge is 0.481 e. The number of fused-ring (bicyclic) bond motifs is 2. The summed E-state index contributed by atoms with van der Waals surface area (Å²) in [7, 11) is 2.00. The summed E-state index contributed by atoms with van der Waals surface area (Å²) in [4.78, 5) is 195. The highest BCUT2D eigenvalue weighted by Gasteiger charge is 2.49. The molecule has 0 saturated carbocycles. The van der Waals surface area contributed by atoms with E-state index in [1.165, 1.54) is 41.8 Å². The van der Waals surface area contributed by atoms with Crippen molar-refractivity contribution in [3.8, 4) is 0 Å². The molecule has 108 heavy (non-hydrogen) atoms. The van der Waals surface area contributed by atoms with E-state index in [2.05, 4.69) is 56.1 Å². The average molecular weight is 1570 g/mol. The van der Waals surface area contributed by atoms with Crippen molar-refractivity contribution < 1.29 is 102 Å². The third-order valence-corrected chi connectivity index (χ3v) is 21.6. The van der Waals surface area contributed by atoms with E-state index in [1.54, 1.807) is 20.8 Å². The Labute approximate surface area is 632 Å². The van der Waals surface area contributed by atoms with E-state index < -0.39 is 175 Å². The van der Waals surface area contributed by atoms with Gasteiger partial charge in [0, 0.05) is 84.9 Å². The van der Waals surface area contributed by atoms with Gasteiger partial charge in [-0.05, 0) is 87.8 Å². The number of ketones is 3. The number of guanidine groups is 1. The van der Waals surface area contributed by atoms with E-state index in [9.17, 15) is 93.0 Å². The number of cyclic esters (lactones) is 1.